The Bertz CT molecular complexity index is 1070. The van der Waals surface area contributed by atoms with Crippen molar-refractivity contribution in [1.82, 2.24) is 9.97 Å². The number of pyridine rings is 2. The van der Waals surface area contributed by atoms with Crippen molar-refractivity contribution in [3.8, 4) is 0 Å². The third-order valence-electron chi connectivity index (χ3n) is 4.01. The molecule has 3 aromatic rings. The SMILES string of the molecule is Cc1ncccc1S(=O)(=O)c1ccc(CC(=O)/C=C/c2cccnc2)cc1. The number of hydrogen-bond acceptors (Lipinski definition) is 5. The lowest BCUT2D eigenvalue weighted by molar-refractivity contribution is -0.113. The van der Waals surface area contributed by atoms with Gasteiger partial charge >= 0.3 is 0 Å². The van der Waals surface area contributed by atoms with Gasteiger partial charge in [-0.25, -0.2) is 8.42 Å². The third-order valence-corrected chi connectivity index (χ3v) is 5.91. The number of carbonyl (C=O) groups is 1. The van der Waals surface area contributed by atoms with Gasteiger partial charge in [0.15, 0.2) is 5.78 Å². The first kappa shape index (κ1) is 18.7. The molecule has 0 fully saturated rings. The second-order valence-corrected chi connectivity index (χ2v) is 7.92. The third kappa shape index (κ3) is 4.54. The Hall–Kier alpha value is -3.12. The van der Waals surface area contributed by atoms with E-state index in [4.69, 9.17) is 0 Å². The molecule has 6 heteroatoms. The molecule has 0 saturated heterocycles. The largest absolute Gasteiger partial charge is 0.294 e. The molecule has 0 radical (unpaired) electrons. The maximum Gasteiger partial charge on any atom is 0.208 e. The van der Waals surface area contributed by atoms with Crippen molar-refractivity contribution >= 4 is 21.7 Å². The molecule has 0 aliphatic rings. The van der Waals surface area contributed by atoms with Crippen molar-refractivity contribution < 1.29 is 13.2 Å². The van der Waals surface area contributed by atoms with Gasteiger partial charge in [-0.15, -0.1) is 0 Å². The summed E-state index contributed by atoms with van der Waals surface area (Å²) in [7, 11) is -3.63. The quantitative estimate of drug-likeness (QED) is 0.614. The second kappa shape index (κ2) is 8.05. The van der Waals surface area contributed by atoms with Crippen molar-refractivity contribution in [2.45, 2.75) is 23.1 Å². The lowest BCUT2D eigenvalue weighted by atomic mass is 10.1. The van der Waals surface area contributed by atoms with Crippen LogP contribution in [-0.4, -0.2) is 24.2 Å². The van der Waals surface area contributed by atoms with Crippen molar-refractivity contribution in [1.29, 1.82) is 0 Å². The summed E-state index contributed by atoms with van der Waals surface area (Å²) in [5.74, 6) is -0.0717. The molecule has 0 aliphatic carbocycles. The molecule has 3 rings (SSSR count). The molecule has 27 heavy (non-hydrogen) atoms. The Morgan fingerprint density at radius 2 is 1.78 bits per heavy atom. The number of allylic oxidation sites excluding steroid dienone is 1. The predicted molar refractivity (Wildman–Crippen MR) is 103 cm³/mol. The summed E-state index contributed by atoms with van der Waals surface area (Å²) in [5.41, 5.74) is 2.05. The number of sulfone groups is 1. The molecular formula is C21H18N2O3S. The average Bonchev–Trinajstić information content (AvgIpc) is 2.68. The first-order chi connectivity index (χ1) is 13.0. The van der Waals surface area contributed by atoms with Gasteiger partial charge in [0.25, 0.3) is 0 Å². The Labute approximate surface area is 158 Å². The number of hydrogen-bond donors (Lipinski definition) is 0. The van der Waals surface area contributed by atoms with Crippen LogP contribution in [0.3, 0.4) is 0 Å². The van der Waals surface area contributed by atoms with Gasteiger partial charge in [0.2, 0.25) is 9.84 Å². The molecule has 2 aromatic heterocycles. The van der Waals surface area contributed by atoms with Crippen molar-refractivity contribution in [2.24, 2.45) is 0 Å². The van der Waals surface area contributed by atoms with Crippen LogP contribution in [0, 0.1) is 6.92 Å². The molecule has 0 saturated carbocycles. The van der Waals surface area contributed by atoms with Crippen molar-refractivity contribution in [3.05, 3.63) is 90.0 Å². The Morgan fingerprint density at radius 3 is 2.44 bits per heavy atom. The van der Waals surface area contributed by atoms with Crippen LogP contribution in [0.1, 0.15) is 16.8 Å². The highest BCUT2D eigenvalue weighted by atomic mass is 32.2. The summed E-state index contributed by atoms with van der Waals surface area (Å²) >= 11 is 0. The molecule has 0 unspecified atom stereocenters. The van der Waals surface area contributed by atoms with Gasteiger partial charge in [-0.3, -0.25) is 14.8 Å². The average molecular weight is 378 g/mol. The fourth-order valence-corrected chi connectivity index (χ4v) is 4.04. The molecule has 136 valence electrons. The summed E-state index contributed by atoms with van der Waals surface area (Å²) in [4.78, 5) is 20.5. The first-order valence-corrected chi connectivity index (χ1v) is 9.82. The molecular weight excluding hydrogens is 360 g/mol. The van der Waals surface area contributed by atoms with Crippen molar-refractivity contribution in [2.75, 3.05) is 0 Å². The number of aryl methyl sites for hydroxylation is 1. The number of nitrogens with zero attached hydrogens (tertiary/aromatic N) is 2. The topological polar surface area (TPSA) is 77.0 Å². The molecule has 0 N–H and O–H groups in total. The van der Waals surface area contributed by atoms with E-state index < -0.39 is 9.84 Å². The molecule has 0 spiro atoms. The molecule has 1 aromatic carbocycles. The number of benzene rings is 1. The van der Waals surface area contributed by atoms with Gasteiger partial charge in [-0.05, 0) is 60.5 Å². The second-order valence-electron chi connectivity index (χ2n) is 6.00. The smallest absolute Gasteiger partial charge is 0.208 e. The van der Waals surface area contributed by atoms with E-state index in [1.54, 1.807) is 61.9 Å². The zero-order valence-corrected chi connectivity index (χ0v) is 15.6. The molecule has 0 aliphatic heterocycles. The standard InChI is InChI=1S/C21H18N2O3S/c1-16-21(5-3-13-23-16)27(25,26)20-10-7-17(8-11-20)14-19(24)9-6-18-4-2-12-22-15-18/h2-13,15H,14H2,1H3/b9-6+. The maximum atomic E-state index is 12.7. The van der Waals surface area contributed by atoms with E-state index in [0.29, 0.717) is 5.69 Å². The number of rotatable bonds is 6. The Kier molecular flexibility index (Phi) is 5.57. The number of carbonyl (C=O) groups excluding carboxylic acids is 1. The molecule has 0 atom stereocenters. The van der Waals surface area contributed by atoms with Crippen LogP contribution in [0.15, 0.2) is 83.0 Å². The predicted octanol–water partition coefficient (Wildman–Crippen LogP) is 3.44. The van der Waals surface area contributed by atoms with Gasteiger partial charge in [-0.1, -0.05) is 18.2 Å². The minimum atomic E-state index is -3.63. The Balaban J connectivity index is 1.73. The molecule has 0 amide bonds. The van der Waals surface area contributed by atoms with Crippen LogP contribution in [0.2, 0.25) is 0 Å². The molecule has 5 nitrogen and oxygen atoms in total. The van der Waals surface area contributed by atoms with E-state index >= 15 is 0 Å². The molecule has 2 heterocycles. The van der Waals surface area contributed by atoms with Gasteiger partial charge in [-0.2, -0.15) is 0 Å². The fourth-order valence-electron chi connectivity index (χ4n) is 2.59. The zero-order valence-electron chi connectivity index (χ0n) is 14.7. The van der Waals surface area contributed by atoms with E-state index in [1.807, 2.05) is 6.07 Å². The van der Waals surface area contributed by atoms with Gasteiger partial charge in [0.1, 0.15) is 0 Å². The van der Waals surface area contributed by atoms with Gasteiger partial charge in [0, 0.05) is 25.0 Å². The number of ketones is 1. The zero-order chi connectivity index (χ0) is 19.3. The van der Waals surface area contributed by atoms with E-state index in [-0.39, 0.29) is 22.0 Å². The summed E-state index contributed by atoms with van der Waals surface area (Å²) in [6, 6.07) is 13.2. The Morgan fingerprint density at radius 1 is 1.04 bits per heavy atom. The van der Waals surface area contributed by atoms with Crippen LogP contribution in [0.25, 0.3) is 6.08 Å². The van der Waals surface area contributed by atoms with E-state index in [1.165, 1.54) is 18.2 Å². The van der Waals surface area contributed by atoms with Crippen LogP contribution < -0.4 is 0 Å². The first-order valence-electron chi connectivity index (χ1n) is 8.33. The lowest BCUT2D eigenvalue weighted by Gasteiger charge is -2.07. The van der Waals surface area contributed by atoms with E-state index in [0.717, 1.165) is 11.1 Å². The monoisotopic (exact) mass is 378 g/mol. The van der Waals surface area contributed by atoms with E-state index in [2.05, 4.69) is 9.97 Å². The minimum absolute atomic E-state index is 0.0717. The summed E-state index contributed by atoms with van der Waals surface area (Å²) in [6.07, 6.45) is 8.30. The highest BCUT2D eigenvalue weighted by Crippen LogP contribution is 2.23. The highest BCUT2D eigenvalue weighted by molar-refractivity contribution is 7.91. The fraction of sp³-hybridized carbons (Fsp3) is 0.0952. The van der Waals surface area contributed by atoms with Crippen LogP contribution in [-0.2, 0) is 21.1 Å². The summed E-state index contributed by atoms with van der Waals surface area (Å²) < 4.78 is 25.4. The number of aromatic nitrogens is 2. The normalized spacial score (nSPS) is 11.6. The lowest BCUT2D eigenvalue weighted by Crippen LogP contribution is -2.06. The van der Waals surface area contributed by atoms with Crippen LogP contribution >= 0.6 is 0 Å². The van der Waals surface area contributed by atoms with E-state index in [9.17, 15) is 13.2 Å². The van der Waals surface area contributed by atoms with Gasteiger partial charge in [0.05, 0.1) is 15.5 Å². The van der Waals surface area contributed by atoms with Crippen LogP contribution in [0.5, 0.6) is 0 Å². The van der Waals surface area contributed by atoms with Crippen molar-refractivity contribution in [3.63, 3.8) is 0 Å². The minimum Gasteiger partial charge on any atom is -0.294 e. The van der Waals surface area contributed by atoms with Crippen LogP contribution in [0.4, 0.5) is 0 Å². The van der Waals surface area contributed by atoms with Gasteiger partial charge < -0.3 is 0 Å². The summed E-state index contributed by atoms with van der Waals surface area (Å²) in [6.45, 7) is 1.66. The maximum absolute atomic E-state index is 12.7. The molecule has 0 bridgehead atoms. The summed E-state index contributed by atoms with van der Waals surface area (Å²) in [5, 5.41) is 0. The highest BCUT2D eigenvalue weighted by Gasteiger charge is 2.20.